The van der Waals surface area contributed by atoms with Gasteiger partial charge in [0.1, 0.15) is 0 Å². The number of aryl methyl sites for hydroxylation is 1. The number of methoxy groups -OCH3 is 1. The Balaban J connectivity index is 2.99. The zero-order chi connectivity index (χ0) is 11.0. The summed E-state index contributed by atoms with van der Waals surface area (Å²) in [5.41, 5.74) is 0.798. The number of hydrogen-bond donors (Lipinski definition) is 2. The maximum atomic E-state index is 11.5. The molecule has 0 aliphatic rings. The van der Waals surface area contributed by atoms with E-state index in [1.165, 1.54) is 19.5 Å². The van der Waals surface area contributed by atoms with Gasteiger partial charge in [-0.25, -0.2) is 4.98 Å². The van der Waals surface area contributed by atoms with E-state index in [9.17, 15) is 9.90 Å². The molecule has 0 saturated carbocycles. The van der Waals surface area contributed by atoms with E-state index in [1.54, 1.807) is 6.92 Å². The minimum absolute atomic E-state index is 0.0133. The first-order valence-electron chi connectivity index (χ1n) is 4.39. The number of aromatic nitrogens is 2. The number of fused-ring (bicyclic) bond motifs is 1. The molecule has 2 aromatic rings. The number of aromatic hydroxyl groups is 1. The SMILES string of the molecule is COc1c(O)cc2nc[nH]c(=O)c2c1C. The zero-order valence-corrected chi connectivity index (χ0v) is 8.37. The highest BCUT2D eigenvalue weighted by Crippen LogP contribution is 2.33. The van der Waals surface area contributed by atoms with Gasteiger partial charge in [0, 0.05) is 11.6 Å². The summed E-state index contributed by atoms with van der Waals surface area (Å²) < 4.78 is 5.01. The fourth-order valence-corrected chi connectivity index (χ4v) is 1.64. The van der Waals surface area contributed by atoms with Crippen LogP contribution in [0.2, 0.25) is 0 Å². The Morgan fingerprint density at radius 2 is 2.27 bits per heavy atom. The second kappa shape index (κ2) is 3.27. The van der Waals surface area contributed by atoms with Crippen molar-refractivity contribution in [1.29, 1.82) is 0 Å². The van der Waals surface area contributed by atoms with Gasteiger partial charge in [-0.3, -0.25) is 4.79 Å². The van der Waals surface area contributed by atoms with Gasteiger partial charge in [0.15, 0.2) is 11.5 Å². The highest BCUT2D eigenvalue weighted by atomic mass is 16.5. The lowest BCUT2D eigenvalue weighted by molar-refractivity contribution is 0.372. The molecule has 5 nitrogen and oxygen atoms in total. The molecule has 1 aromatic heterocycles. The van der Waals surface area contributed by atoms with E-state index in [2.05, 4.69) is 9.97 Å². The molecule has 1 heterocycles. The summed E-state index contributed by atoms with van der Waals surface area (Å²) in [7, 11) is 1.44. The Hall–Kier alpha value is -2.04. The standard InChI is InChI=1S/C10H10N2O3/c1-5-8-6(11-4-12-10(8)14)3-7(13)9(5)15-2/h3-4,13H,1-2H3,(H,11,12,14). The molecule has 0 unspecified atom stereocenters. The summed E-state index contributed by atoms with van der Waals surface area (Å²) in [4.78, 5) is 18.0. The number of hydrogen-bond acceptors (Lipinski definition) is 4. The van der Waals surface area contributed by atoms with Crippen molar-refractivity contribution in [3.63, 3.8) is 0 Å². The van der Waals surface area contributed by atoms with Crippen LogP contribution in [0.5, 0.6) is 11.5 Å². The van der Waals surface area contributed by atoms with Gasteiger partial charge in [0.25, 0.3) is 5.56 Å². The molecule has 2 N–H and O–H groups in total. The fourth-order valence-electron chi connectivity index (χ4n) is 1.64. The smallest absolute Gasteiger partial charge is 0.258 e. The average molecular weight is 206 g/mol. The van der Waals surface area contributed by atoms with Crippen LogP contribution >= 0.6 is 0 Å². The number of nitrogens with zero attached hydrogens (tertiary/aromatic N) is 1. The first kappa shape index (κ1) is 9.51. The Labute approximate surface area is 85.4 Å². The second-order valence-corrected chi connectivity index (χ2v) is 3.18. The van der Waals surface area contributed by atoms with Crippen LogP contribution < -0.4 is 10.3 Å². The monoisotopic (exact) mass is 206 g/mol. The molecular formula is C10H10N2O3. The van der Waals surface area contributed by atoms with Gasteiger partial charge in [-0.15, -0.1) is 0 Å². The Bertz CT molecular complexity index is 575. The minimum atomic E-state index is -0.240. The normalized spacial score (nSPS) is 10.5. The lowest BCUT2D eigenvalue weighted by atomic mass is 10.1. The third kappa shape index (κ3) is 1.32. The number of H-pyrrole nitrogens is 1. The van der Waals surface area contributed by atoms with Crippen molar-refractivity contribution in [3.8, 4) is 11.5 Å². The number of nitrogens with one attached hydrogen (secondary N) is 1. The lowest BCUT2D eigenvalue weighted by Crippen LogP contribution is -2.08. The molecule has 0 aliphatic heterocycles. The minimum Gasteiger partial charge on any atom is -0.504 e. The van der Waals surface area contributed by atoms with Crippen LogP contribution in [0.4, 0.5) is 0 Å². The maximum Gasteiger partial charge on any atom is 0.258 e. The molecule has 0 bridgehead atoms. The van der Waals surface area contributed by atoms with Gasteiger partial charge in [-0.05, 0) is 6.92 Å². The van der Waals surface area contributed by atoms with Crippen LogP contribution in [0.1, 0.15) is 5.56 Å². The van der Waals surface area contributed by atoms with Crippen molar-refractivity contribution in [2.24, 2.45) is 0 Å². The second-order valence-electron chi connectivity index (χ2n) is 3.18. The molecule has 0 spiro atoms. The van der Waals surface area contributed by atoms with Gasteiger partial charge < -0.3 is 14.8 Å². The molecule has 0 saturated heterocycles. The summed E-state index contributed by atoms with van der Waals surface area (Å²) in [6, 6.07) is 1.41. The van der Waals surface area contributed by atoms with Gasteiger partial charge in [-0.1, -0.05) is 0 Å². The van der Waals surface area contributed by atoms with Crippen LogP contribution in [0.15, 0.2) is 17.2 Å². The van der Waals surface area contributed by atoms with E-state index in [0.29, 0.717) is 22.2 Å². The lowest BCUT2D eigenvalue weighted by Gasteiger charge is -2.08. The quantitative estimate of drug-likeness (QED) is 0.728. The molecule has 5 heteroatoms. The molecule has 15 heavy (non-hydrogen) atoms. The molecule has 2 rings (SSSR count). The summed E-state index contributed by atoms with van der Waals surface area (Å²) in [6.45, 7) is 1.71. The highest BCUT2D eigenvalue weighted by Gasteiger charge is 2.12. The predicted octanol–water partition coefficient (Wildman–Crippen LogP) is 0.946. The van der Waals surface area contributed by atoms with E-state index in [1.807, 2.05) is 0 Å². The Morgan fingerprint density at radius 3 is 2.93 bits per heavy atom. The van der Waals surface area contributed by atoms with E-state index in [0.717, 1.165) is 0 Å². The summed E-state index contributed by atoms with van der Waals surface area (Å²) in [5, 5.41) is 10.0. The number of ether oxygens (including phenoxy) is 1. The number of aromatic amines is 1. The largest absolute Gasteiger partial charge is 0.504 e. The van der Waals surface area contributed by atoms with Gasteiger partial charge in [0.2, 0.25) is 0 Å². The van der Waals surface area contributed by atoms with Crippen LogP contribution in [0.3, 0.4) is 0 Å². The highest BCUT2D eigenvalue weighted by molar-refractivity contribution is 5.85. The number of benzene rings is 1. The van der Waals surface area contributed by atoms with Crippen LogP contribution in [0, 0.1) is 6.92 Å². The van der Waals surface area contributed by atoms with E-state index >= 15 is 0 Å². The van der Waals surface area contributed by atoms with Crippen molar-refractivity contribution in [2.75, 3.05) is 7.11 Å². The number of rotatable bonds is 1. The van der Waals surface area contributed by atoms with Crippen LogP contribution in [0.25, 0.3) is 10.9 Å². The number of phenolic OH excluding ortho intramolecular Hbond substituents is 1. The third-order valence-electron chi connectivity index (χ3n) is 2.31. The van der Waals surface area contributed by atoms with Gasteiger partial charge in [0.05, 0.1) is 24.3 Å². The topological polar surface area (TPSA) is 75.2 Å². The van der Waals surface area contributed by atoms with Gasteiger partial charge >= 0.3 is 0 Å². The zero-order valence-electron chi connectivity index (χ0n) is 8.37. The van der Waals surface area contributed by atoms with Crippen molar-refractivity contribution >= 4 is 10.9 Å². The van der Waals surface area contributed by atoms with E-state index < -0.39 is 0 Å². The fraction of sp³-hybridized carbons (Fsp3) is 0.200. The van der Waals surface area contributed by atoms with E-state index in [-0.39, 0.29) is 11.3 Å². The third-order valence-corrected chi connectivity index (χ3v) is 2.31. The summed E-state index contributed by atoms with van der Waals surface area (Å²) in [5.74, 6) is 0.293. The first-order chi connectivity index (χ1) is 7.15. The molecule has 78 valence electrons. The molecule has 0 atom stereocenters. The Morgan fingerprint density at radius 1 is 1.53 bits per heavy atom. The van der Waals surface area contributed by atoms with E-state index in [4.69, 9.17) is 4.74 Å². The molecular weight excluding hydrogens is 196 g/mol. The number of phenols is 1. The van der Waals surface area contributed by atoms with Crippen molar-refractivity contribution in [2.45, 2.75) is 6.92 Å². The predicted molar refractivity (Wildman–Crippen MR) is 55.3 cm³/mol. The molecule has 0 aliphatic carbocycles. The van der Waals surface area contributed by atoms with Crippen molar-refractivity contribution in [1.82, 2.24) is 9.97 Å². The van der Waals surface area contributed by atoms with Crippen LogP contribution in [-0.2, 0) is 0 Å². The average Bonchev–Trinajstić information content (AvgIpc) is 2.17. The molecule has 1 aromatic carbocycles. The van der Waals surface area contributed by atoms with Crippen molar-refractivity contribution in [3.05, 3.63) is 28.3 Å². The van der Waals surface area contributed by atoms with Crippen LogP contribution in [-0.4, -0.2) is 22.2 Å². The maximum absolute atomic E-state index is 11.5. The first-order valence-corrected chi connectivity index (χ1v) is 4.39. The van der Waals surface area contributed by atoms with Gasteiger partial charge in [-0.2, -0.15) is 0 Å². The van der Waals surface area contributed by atoms with Crippen molar-refractivity contribution < 1.29 is 9.84 Å². The molecule has 0 fully saturated rings. The molecule has 0 radical (unpaired) electrons. The summed E-state index contributed by atoms with van der Waals surface area (Å²) >= 11 is 0. The Kier molecular flexibility index (Phi) is 2.07. The summed E-state index contributed by atoms with van der Waals surface area (Å²) in [6.07, 6.45) is 1.30. The molecule has 0 amide bonds.